The number of carbonyl (C=O) groups excluding carboxylic acids is 2. The van der Waals surface area contributed by atoms with E-state index in [0.717, 1.165) is 5.56 Å². The van der Waals surface area contributed by atoms with Crippen LogP contribution in [0, 0.1) is 0 Å². The second kappa shape index (κ2) is 5.95. The van der Waals surface area contributed by atoms with E-state index in [2.05, 4.69) is 10.3 Å². The summed E-state index contributed by atoms with van der Waals surface area (Å²) in [5, 5.41) is 2.46. The number of nitrogens with zero attached hydrogens (tertiary/aromatic N) is 2. The zero-order valence-corrected chi connectivity index (χ0v) is 11.4. The summed E-state index contributed by atoms with van der Waals surface area (Å²) in [6, 6.07) is 6.37. The molecule has 0 aliphatic rings. The summed E-state index contributed by atoms with van der Waals surface area (Å²) in [4.78, 5) is 26.2. The van der Waals surface area contributed by atoms with Crippen LogP contribution in [0.15, 0.2) is 30.6 Å². The molecule has 0 aliphatic carbocycles. The van der Waals surface area contributed by atoms with Gasteiger partial charge in [0.15, 0.2) is 5.69 Å². The maximum Gasteiger partial charge on any atom is 0.316 e. The van der Waals surface area contributed by atoms with Gasteiger partial charge in [-0.1, -0.05) is 12.1 Å². The molecule has 8 heteroatoms. The second-order valence-electron chi connectivity index (χ2n) is 4.28. The third-order valence-corrected chi connectivity index (χ3v) is 2.81. The third-order valence-electron chi connectivity index (χ3n) is 2.81. The summed E-state index contributed by atoms with van der Waals surface area (Å²) < 4.78 is 6.59. The van der Waals surface area contributed by atoms with E-state index < -0.39 is 11.9 Å². The van der Waals surface area contributed by atoms with Crippen molar-refractivity contribution in [3.05, 3.63) is 41.9 Å². The summed E-state index contributed by atoms with van der Waals surface area (Å²) in [7, 11) is 1.42. The van der Waals surface area contributed by atoms with E-state index in [9.17, 15) is 9.59 Å². The highest BCUT2D eigenvalue weighted by Gasteiger charge is 2.16. The maximum atomic E-state index is 11.4. The Morgan fingerprint density at radius 3 is 2.48 bits per heavy atom. The molecule has 0 fully saturated rings. The second-order valence-corrected chi connectivity index (χ2v) is 4.28. The van der Waals surface area contributed by atoms with Gasteiger partial charge in [0.2, 0.25) is 5.88 Å². The Kier molecular flexibility index (Phi) is 4.07. The zero-order valence-electron chi connectivity index (χ0n) is 11.4. The predicted molar refractivity (Wildman–Crippen MR) is 76.0 cm³/mol. The molecular weight excluding hydrogens is 274 g/mol. The van der Waals surface area contributed by atoms with E-state index in [1.54, 1.807) is 28.8 Å². The molecule has 1 heterocycles. The Morgan fingerprint density at radius 2 is 1.95 bits per heavy atom. The Balaban J connectivity index is 2.20. The number of benzene rings is 1. The Hall–Kier alpha value is -3.03. The van der Waals surface area contributed by atoms with E-state index in [1.165, 1.54) is 13.4 Å². The normalized spacial score (nSPS) is 10.1. The van der Waals surface area contributed by atoms with Crippen molar-refractivity contribution in [3.8, 4) is 5.88 Å². The number of hydrogen-bond donors (Lipinski definition) is 3. The molecule has 0 atom stereocenters. The lowest BCUT2D eigenvalue weighted by Crippen LogP contribution is -2.19. The molecule has 110 valence electrons. The SMILES string of the molecule is COc1ncn(Cc2ccc(NC(N)=O)cc2)c1C(N)=O. The van der Waals surface area contributed by atoms with Gasteiger partial charge in [0.1, 0.15) is 0 Å². The van der Waals surface area contributed by atoms with Gasteiger partial charge in [0.05, 0.1) is 13.4 Å². The van der Waals surface area contributed by atoms with E-state index in [4.69, 9.17) is 16.2 Å². The van der Waals surface area contributed by atoms with Crippen molar-refractivity contribution in [1.82, 2.24) is 9.55 Å². The standard InChI is InChI=1S/C13H15N5O3/c1-21-12-10(11(14)19)18(7-16-12)6-8-2-4-9(5-3-8)17-13(15)20/h2-5,7H,6H2,1H3,(H2,14,19)(H3,15,17,20). The third kappa shape index (κ3) is 3.30. The van der Waals surface area contributed by atoms with Crippen molar-refractivity contribution < 1.29 is 14.3 Å². The van der Waals surface area contributed by atoms with Crippen LogP contribution in [0.5, 0.6) is 5.88 Å². The van der Waals surface area contributed by atoms with Gasteiger partial charge in [-0.15, -0.1) is 0 Å². The molecule has 1 aromatic carbocycles. The van der Waals surface area contributed by atoms with Crippen molar-refractivity contribution in [2.75, 3.05) is 12.4 Å². The van der Waals surface area contributed by atoms with E-state index in [1.807, 2.05) is 0 Å². The van der Waals surface area contributed by atoms with Gasteiger partial charge in [0.25, 0.3) is 5.91 Å². The highest BCUT2D eigenvalue weighted by molar-refractivity contribution is 5.93. The first-order valence-corrected chi connectivity index (χ1v) is 6.05. The van der Waals surface area contributed by atoms with Crippen LogP contribution in [-0.2, 0) is 6.54 Å². The molecule has 21 heavy (non-hydrogen) atoms. The van der Waals surface area contributed by atoms with E-state index >= 15 is 0 Å². The van der Waals surface area contributed by atoms with Crippen LogP contribution in [0.1, 0.15) is 16.1 Å². The van der Waals surface area contributed by atoms with Gasteiger partial charge >= 0.3 is 6.03 Å². The number of hydrogen-bond acceptors (Lipinski definition) is 4. The van der Waals surface area contributed by atoms with Crippen molar-refractivity contribution in [3.63, 3.8) is 0 Å². The first-order chi connectivity index (χ1) is 10.0. The first-order valence-electron chi connectivity index (χ1n) is 6.05. The zero-order chi connectivity index (χ0) is 15.4. The van der Waals surface area contributed by atoms with E-state index in [0.29, 0.717) is 12.2 Å². The average Bonchev–Trinajstić information content (AvgIpc) is 2.83. The molecule has 8 nitrogen and oxygen atoms in total. The van der Waals surface area contributed by atoms with Crippen LogP contribution in [0.2, 0.25) is 0 Å². The maximum absolute atomic E-state index is 11.4. The summed E-state index contributed by atoms with van der Waals surface area (Å²) in [6.07, 6.45) is 1.48. The van der Waals surface area contributed by atoms with Crippen LogP contribution in [0.25, 0.3) is 0 Å². The molecule has 0 saturated heterocycles. The quantitative estimate of drug-likeness (QED) is 0.742. The van der Waals surface area contributed by atoms with Gasteiger partial charge in [0, 0.05) is 12.2 Å². The molecule has 5 N–H and O–H groups in total. The van der Waals surface area contributed by atoms with Crippen LogP contribution < -0.4 is 21.5 Å². The summed E-state index contributed by atoms with van der Waals surface area (Å²) in [5.74, 6) is -0.425. The number of imidazole rings is 1. The monoisotopic (exact) mass is 289 g/mol. The lowest BCUT2D eigenvalue weighted by atomic mass is 10.2. The first kappa shape index (κ1) is 14.4. The minimum Gasteiger partial charge on any atom is -0.479 e. The van der Waals surface area contributed by atoms with Gasteiger partial charge < -0.3 is 26.1 Å². The molecule has 2 rings (SSSR count). The summed E-state index contributed by atoms with van der Waals surface area (Å²) in [6.45, 7) is 0.394. The number of aromatic nitrogens is 2. The fourth-order valence-corrected chi connectivity index (χ4v) is 1.91. The Morgan fingerprint density at radius 1 is 1.29 bits per heavy atom. The van der Waals surface area contributed by atoms with Crippen molar-refractivity contribution in [2.45, 2.75) is 6.54 Å². The average molecular weight is 289 g/mol. The lowest BCUT2D eigenvalue weighted by Gasteiger charge is -2.08. The number of primary amides is 2. The molecule has 0 radical (unpaired) electrons. The number of nitrogens with two attached hydrogens (primary N) is 2. The number of ether oxygens (including phenoxy) is 1. The number of rotatable bonds is 5. The van der Waals surface area contributed by atoms with Gasteiger partial charge in [-0.2, -0.15) is 0 Å². The van der Waals surface area contributed by atoms with E-state index in [-0.39, 0.29) is 11.6 Å². The minimum absolute atomic E-state index is 0.189. The van der Waals surface area contributed by atoms with Crippen molar-refractivity contribution in [2.24, 2.45) is 11.5 Å². The predicted octanol–water partition coefficient (Wildman–Crippen LogP) is 0.530. The molecule has 0 bridgehead atoms. The lowest BCUT2D eigenvalue weighted by molar-refractivity contribution is 0.0988. The van der Waals surface area contributed by atoms with Crippen LogP contribution >= 0.6 is 0 Å². The fraction of sp³-hybridized carbons (Fsp3) is 0.154. The smallest absolute Gasteiger partial charge is 0.316 e. The van der Waals surface area contributed by atoms with Crippen LogP contribution in [0.3, 0.4) is 0 Å². The molecule has 0 aliphatic heterocycles. The fourth-order valence-electron chi connectivity index (χ4n) is 1.91. The Bertz CT molecular complexity index is 663. The van der Waals surface area contributed by atoms with Crippen molar-refractivity contribution in [1.29, 1.82) is 0 Å². The molecule has 3 amide bonds. The molecule has 0 saturated carbocycles. The van der Waals surface area contributed by atoms with Crippen molar-refractivity contribution >= 4 is 17.6 Å². The van der Waals surface area contributed by atoms with Gasteiger partial charge in [-0.25, -0.2) is 9.78 Å². The van der Waals surface area contributed by atoms with Crippen LogP contribution in [0.4, 0.5) is 10.5 Å². The summed E-state index contributed by atoms with van der Waals surface area (Å²) in [5.41, 5.74) is 12.0. The highest BCUT2D eigenvalue weighted by Crippen LogP contribution is 2.17. The molecule has 0 unspecified atom stereocenters. The van der Waals surface area contributed by atoms with Gasteiger partial charge in [-0.3, -0.25) is 4.79 Å². The van der Waals surface area contributed by atoms with Gasteiger partial charge in [-0.05, 0) is 17.7 Å². The number of urea groups is 1. The van der Waals surface area contributed by atoms with Crippen LogP contribution in [-0.4, -0.2) is 28.6 Å². The molecule has 1 aromatic heterocycles. The number of amides is 3. The largest absolute Gasteiger partial charge is 0.479 e. The number of methoxy groups -OCH3 is 1. The molecule has 2 aromatic rings. The Labute approximate surface area is 120 Å². The summed E-state index contributed by atoms with van der Waals surface area (Å²) >= 11 is 0. The minimum atomic E-state index is -0.627. The number of carbonyl (C=O) groups is 2. The topological polar surface area (TPSA) is 125 Å². The molecule has 0 spiro atoms. The number of anilines is 1. The molecular formula is C13H15N5O3. The highest BCUT2D eigenvalue weighted by atomic mass is 16.5. The number of nitrogens with one attached hydrogen (secondary N) is 1.